The second kappa shape index (κ2) is 9.25. The Balaban J connectivity index is 1.10. The number of benzene rings is 2. The Morgan fingerprint density at radius 1 is 1.10 bits per heavy atom. The number of carboxylic acids is 1. The molecule has 0 radical (unpaired) electrons. The number of rotatable bonds is 7. The SMILES string of the molecule is O=C(O)c1ccc2nc([C@]3(O)[C@@H]4CC5C[C@H]3C[C@](OCc3c(-c6c(Cl)cccc6Cl)noc3C3CC3)(C5)C4)sc2c1. The molecule has 2 aromatic carbocycles. The van der Waals surface area contributed by atoms with E-state index in [4.69, 9.17) is 37.4 Å². The Hall–Kier alpha value is -2.49. The number of hydrogen-bond donors (Lipinski definition) is 2. The van der Waals surface area contributed by atoms with Crippen LogP contribution in [0, 0.1) is 17.8 Å². The van der Waals surface area contributed by atoms with Gasteiger partial charge in [0.05, 0.1) is 38.0 Å². The van der Waals surface area contributed by atoms with Crippen molar-refractivity contribution in [1.82, 2.24) is 10.1 Å². The predicted octanol–water partition coefficient (Wildman–Crippen LogP) is 7.82. The summed E-state index contributed by atoms with van der Waals surface area (Å²) >= 11 is 14.6. The van der Waals surface area contributed by atoms with E-state index >= 15 is 0 Å². The maximum absolute atomic E-state index is 12.3. The number of ether oxygens (including phenoxy) is 1. The molecule has 5 aliphatic carbocycles. The minimum absolute atomic E-state index is 0.0242. The molecule has 2 N–H and O–H groups in total. The lowest BCUT2D eigenvalue weighted by atomic mass is 9.48. The van der Waals surface area contributed by atoms with Gasteiger partial charge in [-0.1, -0.05) is 34.4 Å². The highest BCUT2D eigenvalue weighted by molar-refractivity contribution is 7.18. The fraction of sp³-hybridized carbons (Fsp3) is 0.452. The third kappa shape index (κ3) is 4.09. The van der Waals surface area contributed by atoms with Gasteiger partial charge in [0.1, 0.15) is 22.1 Å². The molecule has 0 aliphatic heterocycles. The summed E-state index contributed by atoms with van der Waals surface area (Å²) in [4.78, 5) is 16.3. The lowest BCUT2D eigenvalue weighted by molar-refractivity contribution is -0.250. The number of thiazole rings is 1. The molecule has 5 fully saturated rings. The van der Waals surface area contributed by atoms with Crippen molar-refractivity contribution in [3.05, 3.63) is 68.3 Å². The summed E-state index contributed by atoms with van der Waals surface area (Å²) in [5.74, 6) is 0.786. The molecular weight excluding hydrogens is 583 g/mol. The number of hydrogen-bond acceptors (Lipinski definition) is 7. The van der Waals surface area contributed by atoms with Crippen LogP contribution in [0.4, 0.5) is 0 Å². The lowest BCUT2D eigenvalue weighted by Gasteiger charge is -2.62. The van der Waals surface area contributed by atoms with Crippen molar-refractivity contribution in [3.63, 3.8) is 0 Å². The average molecular weight is 612 g/mol. The van der Waals surface area contributed by atoms with Crippen molar-refractivity contribution in [2.24, 2.45) is 17.8 Å². The fourth-order valence-electron chi connectivity index (χ4n) is 7.94. The van der Waals surface area contributed by atoms with Gasteiger partial charge >= 0.3 is 5.97 Å². The molecule has 2 heterocycles. The monoisotopic (exact) mass is 610 g/mol. The number of halogens is 2. The highest BCUT2D eigenvalue weighted by atomic mass is 35.5. The third-order valence-electron chi connectivity index (χ3n) is 9.84. The molecule has 2 aromatic heterocycles. The van der Waals surface area contributed by atoms with Gasteiger partial charge in [-0.25, -0.2) is 9.78 Å². The molecule has 10 heteroatoms. The molecule has 5 aliphatic rings. The van der Waals surface area contributed by atoms with E-state index in [2.05, 4.69) is 5.16 Å². The molecule has 7 nitrogen and oxygen atoms in total. The molecule has 9 rings (SSSR count). The van der Waals surface area contributed by atoms with Crippen LogP contribution in [-0.4, -0.2) is 31.9 Å². The average Bonchev–Trinajstić information content (AvgIpc) is 3.55. The van der Waals surface area contributed by atoms with Gasteiger partial charge in [0.25, 0.3) is 0 Å². The first-order chi connectivity index (χ1) is 19.7. The van der Waals surface area contributed by atoms with E-state index < -0.39 is 11.6 Å². The van der Waals surface area contributed by atoms with Gasteiger partial charge in [0, 0.05) is 17.0 Å². The van der Waals surface area contributed by atoms with Crippen molar-refractivity contribution in [2.75, 3.05) is 0 Å². The van der Waals surface area contributed by atoms with Crippen molar-refractivity contribution in [3.8, 4) is 11.3 Å². The van der Waals surface area contributed by atoms with Gasteiger partial charge in [0.15, 0.2) is 0 Å². The standard InChI is InChI=1S/C31H28Cl2N2O5S/c32-21-2-1-3-22(33)25(21)26-20(27(40-35-26)16-4-5-16)14-39-30-11-15-8-18(12-30)31(38,19(9-15)13-30)29-34-23-7-6-17(28(36)37)10-24(23)41-29/h1-3,6-7,10,15-16,18-19,38H,4-5,8-9,11-14H2,(H,36,37)/t15?,18-,19+,30+,31+. The van der Waals surface area contributed by atoms with Gasteiger partial charge in [-0.3, -0.25) is 0 Å². The Kier molecular flexibility index (Phi) is 5.90. The molecule has 4 aromatic rings. The summed E-state index contributed by atoms with van der Waals surface area (Å²) in [5, 5.41) is 27.9. The van der Waals surface area contributed by atoms with Gasteiger partial charge in [-0.2, -0.15) is 0 Å². The van der Waals surface area contributed by atoms with Crippen LogP contribution in [0.3, 0.4) is 0 Å². The van der Waals surface area contributed by atoms with E-state index in [0.717, 1.165) is 66.5 Å². The van der Waals surface area contributed by atoms with E-state index in [1.165, 1.54) is 11.3 Å². The summed E-state index contributed by atoms with van der Waals surface area (Å²) in [5.41, 5.74) is 1.83. The number of aliphatic hydroxyl groups is 1. The van der Waals surface area contributed by atoms with Crippen LogP contribution in [0.25, 0.3) is 21.5 Å². The summed E-state index contributed by atoms with van der Waals surface area (Å²) in [7, 11) is 0. The minimum atomic E-state index is -1.04. The number of carboxylic acid groups (broad SMARTS) is 1. The first-order valence-corrected chi connectivity index (χ1v) is 15.7. The van der Waals surface area contributed by atoms with Crippen LogP contribution >= 0.6 is 34.5 Å². The second-order valence-electron chi connectivity index (χ2n) is 12.4. The number of carbonyl (C=O) groups is 1. The predicted molar refractivity (Wildman–Crippen MR) is 155 cm³/mol. The van der Waals surface area contributed by atoms with Crippen LogP contribution in [0.15, 0.2) is 40.9 Å². The van der Waals surface area contributed by atoms with Gasteiger partial charge < -0.3 is 19.5 Å². The number of aromatic carboxylic acids is 1. The van der Waals surface area contributed by atoms with E-state index in [1.54, 1.807) is 18.2 Å². The third-order valence-corrected chi connectivity index (χ3v) is 11.6. The van der Waals surface area contributed by atoms with Gasteiger partial charge in [-0.15, -0.1) is 11.3 Å². The van der Waals surface area contributed by atoms with Gasteiger partial charge in [0.2, 0.25) is 0 Å². The molecule has 1 unspecified atom stereocenters. The van der Waals surface area contributed by atoms with Crippen LogP contribution < -0.4 is 0 Å². The van der Waals surface area contributed by atoms with Crippen molar-refractivity contribution in [2.45, 2.75) is 68.7 Å². The summed E-state index contributed by atoms with van der Waals surface area (Å²) in [6, 6.07) is 10.4. The van der Waals surface area contributed by atoms with Crippen LogP contribution in [-0.2, 0) is 16.9 Å². The molecule has 5 atom stereocenters. The lowest BCUT2D eigenvalue weighted by Crippen LogP contribution is -2.62. The van der Waals surface area contributed by atoms with E-state index in [9.17, 15) is 15.0 Å². The van der Waals surface area contributed by atoms with Crippen LogP contribution in [0.5, 0.6) is 0 Å². The Labute approximate surface area is 250 Å². The van der Waals surface area contributed by atoms with Crippen molar-refractivity contribution < 1.29 is 24.3 Å². The zero-order valence-electron chi connectivity index (χ0n) is 22.1. The van der Waals surface area contributed by atoms with E-state index in [1.807, 2.05) is 18.2 Å². The number of nitrogens with zero attached hydrogens (tertiary/aromatic N) is 2. The quantitative estimate of drug-likeness (QED) is 0.220. The fourth-order valence-corrected chi connectivity index (χ4v) is 9.77. The maximum Gasteiger partial charge on any atom is 0.335 e. The summed E-state index contributed by atoms with van der Waals surface area (Å²) < 4.78 is 13.6. The molecule has 0 saturated heterocycles. The number of aromatic nitrogens is 2. The second-order valence-corrected chi connectivity index (χ2v) is 14.2. The first kappa shape index (κ1) is 26.2. The molecular formula is C31H28Cl2N2O5S. The highest BCUT2D eigenvalue weighted by Crippen LogP contribution is 2.65. The minimum Gasteiger partial charge on any atom is -0.478 e. The Bertz CT molecular complexity index is 1680. The smallest absolute Gasteiger partial charge is 0.335 e. The highest BCUT2D eigenvalue weighted by Gasteiger charge is 2.64. The Morgan fingerprint density at radius 3 is 2.51 bits per heavy atom. The molecule has 5 saturated carbocycles. The molecule has 0 spiro atoms. The summed E-state index contributed by atoms with van der Waals surface area (Å²) in [6.07, 6.45) is 6.49. The maximum atomic E-state index is 12.3. The normalized spacial score (nSPS) is 30.4. The van der Waals surface area contributed by atoms with Crippen LogP contribution in [0.1, 0.15) is 77.6 Å². The molecule has 212 valence electrons. The van der Waals surface area contributed by atoms with Crippen molar-refractivity contribution in [1.29, 1.82) is 0 Å². The first-order valence-electron chi connectivity index (χ1n) is 14.2. The molecule has 4 bridgehead atoms. The Morgan fingerprint density at radius 2 is 1.83 bits per heavy atom. The van der Waals surface area contributed by atoms with Gasteiger partial charge in [-0.05, 0) is 93.0 Å². The molecule has 41 heavy (non-hydrogen) atoms. The van der Waals surface area contributed by atoms with E-state index in [-0.39, 0.29) is 23.0 Å². The topological polar surface area (TPSA) is 106 Å². The van der Waals surface area contributed by atoms with E-state index in [0.29, 0.717) is 44.8 Å². The number of fused-ring (bicyclic) bond motifs is 1. The largest absolute Gasteiger partial charge is 0.478 e. The van der Waals surface area contributed by atoms with Crippen LogP contribution in [0.2, 0.25) is 10.0 Å². The molecule has 0 amide bonds. The summed E-state index contributed by atoms with van der Waals surface area (Å²) in [6.45, 7) is 0.357. The van der Waals surface area contributed by atoms with Crippen molar-refractivity contribution >= 4 is 50.7 Å². The zero-order valence-corrected chi connectivity index (χ0v) is 24.4. The zero-order chi connectivity index (χ0) is 28.1.